The third kappa shape index (κ3) is 8.21. The molecule has 0 spiro atoms. The molecule has 1 unspecified atom stereocenters. The smallest absolute Gasteiger partial charge is 0.153 e. The van der Waals surface area contributed by atoms with Gasteiger partial charge in [-0.1, -0.05) is 0 Å². The highest BCUT2D eigenvalue weighted by Gasteiger charge is 2.16. The van der Waals surface area contributed by atoms with Crippen molar-refractivity contribution in [1.82, 2.24) is 5.32 Å². The van der Waals surface area contributed by atoms with Crippen molar-refractivity contribution in [2.75, 3.05) is 19.1 Å². The van der Waals surface area contributed by atoms with Crippen LogP contribution in [0.3, 0.4) is 0 Å². The molecule has 0 saturated carbocycles. The molecule has 79 valence electrons. The molecule has 0 fully saturated rings. The van der Waals surface area contributed by atoms with Crippen molar-refractivity contribution in [2.45, 2.75) is 25.8 Å². The highest BCUT2D eigenvalue weighted by Crippen LogP contribution is 2.06. The van der Waals surface area contributed by atoms with E-state index in [4.69, 9.17) is 4.74 Å². The highest BCUT2D eigenvalue weighted by molar-refractivity contribution is 7.72. The van der Waals surface area contributed by atoms with Crippen molar-refractivity contribution in [1.29, 1.82) is 0 Å². The molecular weight excluding hydrogens is 190 g/mol. The summed E-state index contributed by atoms with van der Waals surface area (Å²) in [5.74, 6) is -0.0263. The van der Waals surface area contributed by atoms with Crippen LogP contribution in [0.15, 0.2) is 0 Å². The van der Waals surface area contributed by atoms with Gasteiger partial charge in [0.1, 0.15) is 0 Å². The third-order valence-corrected chi connectivity index (χ3v) is 2.05. The van der Waals surface area contributed by atoms with E-state index in [0.717, 1.165) is 0 Å². The zero-order chi connectivity index (χ0) is 10.3. The topological polar surface area (TPSA) is 55.4 Å². The van der Waals surface area contributed by atoms with Crippen molar-refractivity contribution in [3.63, 3.8) is 0 Å². The quantitative estimate of drug-likeness (QED) is 0.462. The van der Waals surface area contributed by atoms with Gasteiger partial charge in [0, 0.05) is 18.8 Å². The molecule has 0 aliphatic heterocycles. The van der Waals surface area contributed by atoms with Gasteiger partial charge >= 0.3 is 0 Å². The summed E-state index contributed by atoms with van der Waals surface area (Å²) in [6.07, 6.45) is 0.698. The molecule has 0 aliphatic carbocycles. The Hall–Kier alpha value is -0.130. The van der Waals surface area contributed by atoms with Gasteiger partial charge in [-0.3, -0.25) is 5.32 Å². The lowest BCUT2D eigenvalue weighted by atomic mass is 10.0. The minimum Gasteiger partial charge on any atom is -0.382 e. The maximum atomic E-state index is 10.3. The van der Waals surface area contributed by atoms with E-state index in [-0.39, 0.29) is 5.88 Å². The molecule has 0 bridgehead atoms. The van der Waals surface area contributed by atoms with Gasteiger partial charge in [-0.15, -0.1) is 0 Å². The molecule has 0 rings (SSSR count). The van der Waals surface area contributed by atoms with Crippen LogP contribution in [-0.4, -0.2) is 33.0 Å². The second kappa shape index (κ2) is 6.34. The summed E-state index contributed by atoms with van der Waals surface area (Å²) in [6.45, 7) is 8.90. The Balaban J connectivity index is 3.65. The molecular formula is C8H18NO3S. The number of thiol groups is 1. The van der Waals surface area contributed by atoms with Crippen molar-refractivity contribution in [2.24, 2.45) is 0 Å². The number of rotatable bonds is 7. The summed E-state index contributed by atoms with van der Waals surface area (Å²) in [6, 6.07) is 0. The Morgan fingerprint density at radius 2 is 2.15 bits per heavy atom. The van der Waals surface area contributed by atoms with Crippen molar-refractivity contribution in [3.05, 3.63) is 6.92 Å². The minimum absolute atomic E-state index is 0.0263. The summed E-state index contributed by atoms with van der Waals surface area (Å²) in [5, 5.41) is 2.83. The number of hydrogen-bond donors (Lipinski definition) is 2. The molecule has 0 aliphatic rings. The van der Waals surface area contributed by atoms with E-state index in [2.05, 4.69) is 12.2 Å². The zero-order valence-corrected chi connectivity index (χ0v) is 9.10. The largest absolute Gasteiger partial charge is 0.382 e. The van der Waals surface area contributed by atoms with Crippen molar-refractivity contribution in [3.8, 4) is 0 Å². The van der Waals surface area contributed by atoms with Gasteiger partial charge in [-0.2, -0.15) is 0 Å². The monoisotopic (exact) mass is 208 g/mol. The van der Waals surface area contributed by atoms with E-state index in [1.807, 2.05) is 13.8 Å². The first-order valence-corrected chi connectivity index (χ1v) is 5.64. The predicted octanol–water partition coefficient (Wildman–Crippen LogP) is 0.164. The van der Waals surface area contributed by atoms with Gasteiger partial charge in [0.05, 0.1) is 5.88 Å². The minimum atomic E-state index is -2.38. The standard InChI is InChI=1S/C8H18NO3S/c1-4-12-6-5-8(2,3)9-7-13(10)11/h9,13H,2,4-7H2,1,3H3. The molecule has 4 nitrogen and oxygen atoms in total. The zero-order valence-electron chi connectivity index (χ0n) is 8.21. The van der Waals surface area contributed by atoms with E-state index < -0.39 is 16.2 Å². The predicted molar refractivity (Wildman–Crippen MR) is 53.2 cm³/mol. The van der Waals surface area contributed by atoms with Crippen LogP contribution < -0.4 is 5.32 Å². The SMILES string of the molecule is [CH2]C(C)(CCOCC)NC[SH](=O)=O. The fourth-order valence-corrected chi connectivity index (χ4v) is 1.30. The van der Waals surface area contributed by atoms with Gasteiger partial charge in [0.25, 0.3) is 0 Å². The number of hydrogen-bond acceptors (Lipinski definition) is 4. The fraction of sp³-hybridized carbons (Fsp3) is 0.875. The molecule has 0 aromatic rings. The lowest BCUT2D eigenvalue weighted by Crippen LogP contribution is -2.41. The van der Waals surface area contributed by atoms with Gasteiger partial charge in [-0.25, -0.2) is 8.42 Å². The Labute approximate surface area is 81.6 Å². The normalized spacial score (nSPS) is 12.3. The molecule has 0 heterocycles. The van der Waals surface area contributed by atoms with E-state index in [9.17, 15) is 8.42 Å². The van der Waals surface area contributed by atoms with E-state index in [1.54, 1.807) is 0 Å². The lowest BCUT2D eigenvalue weighted by Gasteiger charge is -2.24. The molecule has 0 amide bonds. The molecule has 1 atom stereocenters. The van der Waals surface area contributed by atoms with Gasteiger partial charge in [0.15, 0.2) is 10.7 Å². The van der Waals surface area contributed by atoms with Gasteiger partial charge in [0.2, 0.25) is 0 Å². The van der Waals surface area contributed by atoms with Crippen LogP contribution in [0.4, 0.5) is 0 Å². The van der Waals surface area contributed by atoms with Gasteiger partial charge < -0.3 is 4.74 Å². The van der Waals surface area contributed by atoms with Crippen molar-refractivity contribution >= 4 is 10.7 Å². The van der Waals surface area contributed by atoms with E-state index in [0.29, 0.717) is 19.6 Å². The van der Waals surface area contributed by atoms with Crippen LogP contribution in [0.1, 0.15) is 20.3 Å². The van der Waals surface area contributed by atoms with Crippen LogP contribution in [0, 0.1) is 6.92 Å². The molecule has 1 radical (unpaired) electrons. The summed E-state index contributed by atoms with van der Waals surface area (Å²) in [4.78, 5) is 0. The molecule has 5 heteroatoms. The van der Waals surface area contributed by atoms with Crippen LogP contribution in [0.5, 0.6) is 0 Å². The summed E-state index contributed by atoms with van der Waals surface area (Å²) in [7, 11) is -2.38. The summed E-state index contributed by atoms with van der Waals surface area (Å²) >= 11 is 0. The Morgan fingerprint density at radius 3 is 2.62 bits per heavy atom. The maximum absolute atomic E-state index is 10.3. The van der Waals surface area contributed by atoms with Crippen LogP contribution >= 0.6 is 0 Å². The molecule has 0 saturated heterocycles. The molecule has 13 heavy (non-hydrogen) atoms. The Bertz CT molecular complexity index is 194. The molecule has 1 N–H and O–H groups in total. The van der Waals surface area contributed by atoms with Crippen molar-refractivity contribution < 1.29 is 13.2 Å². The Morgan fingerprint density at radius 1 is 1.54 bits per heavy atom. The maximum Gasteiger partial charge on any atom is 0.153 e. The third-order valence-electron chi connectivity index (χ3n) is 1.64. The Kier molecular flexibility index (Phi) is 6.28. The highest BCUT2D eigenvalue weighted by atomic mass is 32.2. The molecule has 0 aromatic heterocycles. The van der Waals surface area contributed by atoms with Crippen LogP contribution in [0.2, 0.25) is 0 Å². The number of ether oxygens (including phenoxy) is 1. The number of nitrogens with one attached hydrogen (secondary N) is 1. The lowest BCUT2D eigenvalue weighted by molar-refractivity contribution is 0.129. The average Bonchev–Trinajstić information content (AvgIpc) is 2.02. The van der Waals surface area contributed by atoms with Gasteiger partial charge in [-0.05, 0) is 27.2 Å². The van der Waals surface area contributed by atoms with Crippen LogP contribution in [0.25, 0.3) is 0 Å². The summed E-state index contributed by atoms with van der Waals surface area (Å²) in [5.41, 5.74) is -0.426. The first-order valence-electron chi connectivity index (χ1n) is 4.28. The second-order valence-electron chi connectivity index (χ2n) is 3.18. The fourth-order valence-electron chi connectivity index (χ4n) is 0.786. The second-order valence-corrected chi connectivity index (χ2v) is 4.16. The average molecular weight is 208 g/mol. The van der Waals surface area contributed by atoms with Crippen LogP contribution in [-0.2, 0) is 15.4 Å². The van der Waals surface area contributed by atoms with E-state index in [1.165, 1.54) is 0 Å². The first kappa shape index (κ1) is 12.9. The van der Waals surface area contributed by atoms with E-state index >= 15 is 0 Å². The first-order chi connectivity index (χ1) is 5.98. The molecule has 0 aromatic carbocycles. The summed E-state index contributed by atoms with van der Waals surface area (Å²) < 4.78 is 25.7.